The van der Waals surface area contributed by atoms with Gasteiger partial charge in [0, 0.05) is 11.7 Å². The van der Waals surface area contributed by atoms with Gasteiger partial charge in [0.1, 0.15) is 0 Å². The van der Waals surface area contributed by atoms with Crippen LogP contribution in [0, 0.1) is 0 Å². The molecule has 3 nitrogen and oxygen atoms in total. The predicted octanol–water partition coefficient (Wildman–Crippen LogP) is 1.89. The molecule has 0 bridgehead atoms. The van der Waals surface area contributed by atoms with Crippen LogP contribution in [0.4, 0.5) is 0 Å². The summed E-state index contributed by atoms with van der Waals surface area (Å²) in [4.78, 5) is 22.0. The fourth-order valence-electron chi connectivity index (χ4n) is 1.34. The third kappa shape index (κ3) is 1.32. The molecule has 0 amide bonds. The summed E-state index contributed by atoms with van der Waals surface area (Å²) < 4.78 is 1.63. The molecule has 0 atom stereocenters. The lowest BCUT2D eigenvalue weighted by molar-refractivity contribution is -0.108. The molecule has 70 valence electrons. The Bertz CT molecular complexity index is 516. The quantitative estimate of drug-likeness (QED) is 0.429. The fourth-order valence-corrected chi connectivity index (χ4v) is 1.44. The molecule has 2 rings (SSSR count). The molecule has 0 N–H and O–H groups in total. The Balaban J connectivity index is 2.64. The van der Waals surface area contributed by atoms with Gasteiger partial charge in [0.25, 0.3) is 11.0 Å². The molecule has 0 fully saturated rings. The smallest absolute Gasteiger partial charge is 0.294 e. The summed E-state index contributed by atoms with van der Waals surface area (Å²) in [5.41, 5.74) is 1.15. The van der Waals surface area contributed by atoms with Crippen molar-refractivity contribution in [3.63, 3.8) is 0 Å². The zero-order chi connectivity index (χ0) is 10.1. The van der Waals surface area contributed by atoms with E-state index in [4.69, 9.17) is 11.6 Å². The van der Waals surface area contributed by atoms with Crippen LogP contribution in [-0.2, 0) is 4.79 Å². The number of fused-ring (bicyclic) bond motifs is 1. The third-order valence-corrected chi connectivity index (χ3v) is 2.15. The number of ketones is 1. The lowest BCUT2D eigenvalue weighted by Crippen LogP contribution is -2.10. The summed E-state index contributed by atoms with van der Waals surface area (Å²) in [5, 5.41) is -0.964. The normalized spacial score (nSPS) is 10.4. The largest absolute Gasteiger partial charge is 0.314 e. The molecule has 2 heterocycles. The average molecular weight is 208 g/mol. The number of aromatic nitrogens is 1. The zero-order valence-corrected chi connectivity index (χ0v) is 7.86. The van der Waals surface area contributed by atoms with Crippen LogP contribution in [0.1, 0.15) is 10.5 Å². The molecule has 0 saturated carbocycles. The van der Waals surface area contributed by atoms with Gasteiger partial charge in [0.05, 0.1) is 5.69 Å². The van der Waals surface area contributed by atoms with Gasteiger partial charge in [0.2, 0.25) is 0 Å². The Morgan fingerprint density at radius 2 is 1.93 bits per heavy atom. The maximum Gasteiger partial charge on any atom is 0.294 e. The number of nitrogens with zero attached hydrogens (tertiary/aromatic N) is 1. The first-order chi connectivity index (χ1) is 6.70. The Morgan fingerprint density at radius 3 is 2.64 bits per heavy atom. The van der Waals surface area contributed by atoms with Crippen molar-refractivity contribution in [2.75, 3.05) is 0 Å². The molecular formula is C10H6ClNO2. The van der Waals surface area contributed by atoms with Crippen LogP contribution in [0.25, 0.3) is 5.52 Å². The highest BCUT2D eigenvalue weighted by Crippen LogP contribution is 2.11. The number of pyridine rings is 1. The van der Waals surface area contributed by atoms with Crippen molar-refractivity contribution in [3.8, 4) is 0 Å². The minimum Gasteiger partial charge on any atom is -0.314 e. The van der Waals surface area contributed by atoms with Gasteiger partial charge in [-0.3, -0.25) is 9.59 Å². The highest BCUT2D eigenvalue weighted by Gasteiger charge is 2.16. The van der Waals surface area contributed by atoms with Crippen molar-refractivity contribution < 1.29 is 9.59 Å². The number of hydrogen-bond donors (Lipinski definition) is 0. The van der Waals surface area contributed by atoms with Crippen molar-refractivity contribution in [3.05, 3.63) is 42.2 Å². The molecular weight excluding hydrogens is 202 g/mol. The van der Waals surface area contributed by atoms with E-state index in [0.29, 0.717) is 5.69 Å². The van der Waals surface area contributed by atoms with Crippen LogP contribution < -0.4 is 0 Å². The Morgan fingerprint density at radius 1 is 1.14 bits per heavy atom. The van der Waals surface area contributed by atoms with Crippen molar-refractivity contribution in [2.24, 2.45) is 0 Å². The fraction of sp³-hybridized carbons (Fsp3) is 0. The van der Waals surface area contributed by atoms with Gasteiger partial charge in [-0.1, -0.05) is 6.07 Å². The summed E-state index contributed by atoms with van der Waals surface area (Å²) in [6, 6.07) is 8.81. The van der Waals surface area contributed by atoms with Crippen LogP contribution in [0.5, 0.6) is 0 Å². The summed E-state index contributed by atoms with van der Waals surface area (Å²) in [7, 11) is 0. The molecule has 0 aromatic carbocycles. The topological polar surface area (TPSA) is 38.5 Å². The molecule has 0 saturated heterocycles. The van der Waals surface area contributed by atoms with Crippen LogP contribution in [-0.4, -0.2) is 15.4 Å². The number of Topliss-reactive ketones (excluding diaryl/α,β-unsaturated/α-hetero) is 1. The van der Waals surface area contributed by atoms with Gasteiger partial charge < -0.3 is 4.40 Å². The van der Waals surface area contributed by atoms with Gasteiger partial charge in [-0.15, -0.1) is 0 Å². The van der Waals surface area contributed by atoms with E-state index >= 15 is 0 Å². The minimum absolute atomic E-state index is 0.292. The van der Waals surface area contributed by atoms with Gasteiger partial charge in [0.15, 0.2) is 0 Å². The first-order valence-corrected chi connectivity index (χ1v) is 4.38. The molecule has 14 heavy (non-hydrogen) atoms. The van der Waals surface area contributed by atoms with Crippen LogP contribution >= 0.6 is 11.6 Å². The van der Waals surface area contributed by atoms with Gasteiger partial charge in [-0.25, -0.2) is 0 Å². The van der Waals surface area contributed by atoms with E-state index in [-0.39, 0.29) is 0 Å². The molecule has 0 aliphatic heterocycles. The van der Waals surface area contributed by atoms with Crippen molar-refractivity contribution in [1.29, 1.82) is 0 Å². The van der Waals surface area contributed by atoms with E-state index in [1.165, 1.54) is 0 Å². The minimum atomic E-state index is -0.964. The standard InChI is InChI=1S/C10H6ClNO2/c11-10(14)9(13)8-5-4-7-3-1-2-6-12(7)8/h1-6H. The van der Waals surface area contributed by atoms with E-state index in [0.717, 1.165) is 5.52 Å². The van der Waals surface area contributed by atoms with Crippen LogP contribution in [0.15, 0.2) is 36.5 Å². The second-order valence-corrected chi connectivity index (χ2v) is 3.16. The van der Waals surface area contributed by atoms with Crippen molar-refractivity contribution in [2.45, 2.75) is 0 Å². The number of carbonyl (C=O) groups is 2. The van der Waals surface area contributed by atoms with Gasteiger partial charge in [-0.2, -0.15) is 0 Å². The van der Waals surface area contributed by atoms with E-state index in [9.17, 15) is 9.59 Å². The van der Waals surface area contributed by atoms with E-state index in [2.05, 4.69) is 0 Å². The Kier molecular flexibility index (Phi) is 2.09. The maximum absolute atomic E-state index is 11.3. The molecule has 0 aliphatic carbocycles. The number of rotatable bonds is 2. The number of hydrogen-bond acceptors (Lipinski definition) is 2. The molecule has 0 aliphatic rings. The van der Waals surface area contributed by atoms with E-state index in [1.807, 2.05) is 12.1 Å². The molecule has 4 heteroatoms. The monoisotopic (exact) mass is 207 g/mol. The molecule has 0 unspecified atom stereocenters. The lowest BCUT2D eigenvalue weighted by Gasteiger charge is -1.97. The third-order valence-electron chi connectivity index (χ3n) is 1.97. The lowest BCUT2D eigenvalue weighted by atomic mass is 10.3. The summed E-state index contributed by atoms with van der Waals surface area (Å²) in [6.45, 7) is 0. The van der Waals surface area contributed by atoms with Gasteiger partial charge >= 0.3 is 0 Å². The predicted molar refractivity (Wildman–Crippen MR) is 52.6 cm³/mol. The molecule has 2 aromatic heterocycles. The molecule has 0 radical (unpaired) electrons. The molecule has 0 spiro atoms. The first-order valence-electron chi connectivity index (χ1n) is 4.00. The summed E-state index contributed by atoms with van der Waals surface area (Å²) in [5.74, 6) is -0.683. The second-order valence-electron chi connectivity index (χ2n) is 2.82. The summed E-state index contributed by atoms with van der Waals surface area (Å²) in [6.07, 6.45) is 1.71. The highest BCUT2D eigenvalue weighted by molar-refractivity contribution is 6.83. The van der Waals surface area contributed by atoms with E-state index in [1.54, 1.807) is 28.8 Å². The van der Waals surface area contributed by atoms with Crippen molar-refractivity contribution in [1.82, 2.24) is 4.40 Å². The zero-order valence-electron chi connectivity index (χ0n) is 7.11. The number of halogens is 1. The first kappa shape index (κ1) is 8.97. The average Bonchev–Trinajstić information content (AvgIpc) is 2.60. The van der Waals surface area contributed by atoms with Crippen LogP contribution in [0.3, 0.4) is 0 Å². The van der Waals surface area contributed by atoms with E-state index < -0.39 is 11.0 Å². The second kappa shape index (κ2) is 3.27. The maximum atomic E-state index is 11.3. The summed E-state index contributed by atoms with van der Waals surface area (Å²) >= 11 is 5.12. The highest BCUT2D eigenvalue weighted by atomic mass is 35.5. The SMILES string of the molecule is O=C(Cl)C(=O)c1ccc2ccccn12. The van der Waals surface area contributed by atoms with Crippen molar-refractivity contribution >= 4 is 28.1 Å². The number of carbonyl (C=O) groups excluding carboxylic acids is 2. The Hall–Kier alpha value is -1.61. The Labute approximate surface area is 84.9 Å². The molecule has 2 aromatic rings. The van der Waals surface area contributed by atoms with Crippen LogP contribution in [0.2, 0.25) is 0 Å². The van der Waals surface area contributed by atoms with Gasteiger partial charge in [-0.05, 0) is 35.9 Å².